The fourth-order valence-electron chi connectivity index (χ4n) is 2.73. The fraction of sp³-hybridized carbons (Fsp3) is 0.476. The van der Waals surface area contributed by atoms with Crippen molar-refractivity contribution in [3.8, 4) is 5.75 Å². The third-order valence-corrected chi connectivity index (χ3v) is 5.73. The summed E-state index contributed by atoms with van der Waals surface area (Å²) in [6, 6.07) is 8.09. The number of carbonyl (C=O) groups excluding carboxylic acids is 1. The van der Waals surface area contributed by atoms with Crippen LogP contribution in [-0.4, -0.2) is 43.1 Å². The van der Waals surface area contributed by atoms with Crippen LogP contribution in [0.4, 0.5) is 0 Å². The largest absolute Gasteiger partial charge is 0.484 e. The van der Waals surface area contributed by atoms with E-state index < -0.39 is 0 Å². The van der Waals surface area contributed by atoms with Gasteiger partial charge in [0.05, 0.1) is 10.7 Å². The van der Waals surface area contributed by atoms with Gasteiger partial charge in [0, 0.05) is 37.5 Å². The van der Waals surface area contributed by atoms with Crippen molar-refractivity contribution in [2.75, 3.05) is 20.2 Å². The number of carbonyl (C=O) groups is 1. The molecule has 1 amide bonds. The van der Waals surface area contributed by atoms with Gasteiger partial charge in [-0.3, -0.25) is 9.79 Å². The van der Waals surface area contributed by atoms with Crippen molar-refractivity contribution in [1.82, 2.24) is 20.9 Å². The standard InChI is InChI=1S/C21H29N5O2S.HI/c1-14-15(2)29-20(25-14)9-10-23-21(22-3)24-12-16-5-4-6-18(11-16)28-13-19(27)26-17-7-8-17;/h4-6,11,17H,7-10,12-13H2,1-3H3,(H,26,27)(H2,22,23,24);1H. The van der Waals surface area contributed by atoms with E-state index in [0.717, 1.165) is 48.0 Å². The van der Waals surface area contributed by atoms with Crippen LogP contribution >= 0.6 is 35.3 Å². The van der Waals surface area contributed by atoms with Crippen molar-refractivity contribution >= 4 is 47.2 Å². The van der Waals surface area contributed by atoms with Crippen molar-refractivity contribution in [3.05, 3.63) is 45.4 Å². The van der Waals surface area contributed by atoms with E-state index in [1.54, 1.807) is 18.4 Å². The zero-order chi connectivity index (χ0) is 20.6. The molecule has 0 spiro atoms. The van der Waals surface area contributed by atoms with Crippen molar-refractivity contribution in [2.24, 2.45) is 4.99 Å². The zero-order valence-electron chi connectivity index (χ0n) is 17.7. The highest BCUT2D eigenvalue weighted by Gasteiger charge is 2.23. The van der Waals surface area contributed by atoms with Gasteiger partial charge in [-0.25, -0.2) is 4.98 Å². The number of aryl methyl sites for hydroxylation is 2. The number of hydrogen-bond donors (Lipinski definition) is 3. The van der Waals surface area contributed by atoms with Gasteiger partial charge < -0.3 is 20.7 Å². The molecule has 0 saturated heterocycles. The van der Waals surface area contributed by atoms with Crippen LogP contribution in [0, 0.1) is 13.8 Å². The average molecular weight is 543 g/mol. The van der Waals surface area contributed by atoms with Crippen LogP contribution in [0.5, 0.6) is 5.75 Å². The lowest BCUT2D eigenvalue weighted by molar-refractivity contribution is -0.123. The average Bonchev–Trinajstić information content (AvgIpc) is 3.46. The SMILES string of the molecule is CN=C(NCCc1nc(C)c(C)s1)NCc1cccc(OCC(=O)NC2CC2)c1.I. The quantitative estimate of drug-likeness (QED) is 0.257. The minimum absolute atomic E-state index is 0. The fourth-order valence-corrected chi connectivity index (χ4v) is 3.66. The number of nitrogens with one attached hydrogen (secondary N) is 3. The molecule has 0 atom stereocenters. The van der Waals surface area contributed by atoms with Gasteiger partial charge in [0.25, 0.3) is 5.91 Å². The highest BCUT2D eigenvalue weighted by molar-refractivity contribution is 14.0. The van der Waals surface area contributed by atoms with Crippen LogP contribution in [0.15, 0.2) is 29.3 Å². The highest BCUT2D eigenvalue weighted by Crippen LogP contribution is 2.19. The molecule has 164 valence electrons. The van der Waals surface area contributed by atoms with Crippen LogP contribution in [0.2, 0.25) is 0 Å². The van der Waals surface area contributed by atoms with E-state index in [1.807, 2.05) is 31.2 Å². The van der Waals surface area contributed by atoms with E-state index >= 15 is 0 Å². The Morgan fingerprint density at radius 2 is 2.10 bits per heavy atom. The van der Waals surface area contributed by atoms with E-state index in [2.05, 4.69) is 32.9 Å². The number of benzene rings is 1. The Morgan fingerprint density at radius 3 is 2.77 bits per heavy atom. The molecule has 1 aliphatic rings. The Hall–Kier alpha value is -1.88. The second-order valence-electron chi connectivity index (χ2n) is 7.13. The monoisotopic (exact) mass is 543 g/mol. The first-order valence-corrected chi connectivity index (χ1v) is 10.7. The van der Waals surface area contributed by atoms with E-state index in [9.17, 15) is 4.79 Å². The Labute approximate surface area is 199 Å². The van der Waals surface area contributed by atoms with Crippen molar-refractivity contribution in [2.45, 2.75) is 45.7 Å². The maximum atomic E-state index is 11.8. The summed E-state index contributed by atoms with van der Waals surface area (Å²) >= 11 is 1.74. The van der Waals surface area contributed by atoms with Crippen LogP contribution in [-0.2, 0) is 17.8 Å². The van der Waals surface area contributed by atoms with Crippen LogP contribution in [0.1, 0.15) is 34.0 Å². The molecule has 3 rings (SSSR count). The summed E-state index contributed by atoms with van der Waals surface area (Å²) in [6.45, 7) is 5.57. The van der Waals surface area contributed by atoms with Gasteiger partial charge in [0.15, 0.2) is 12.6 Å². The molecular weight excluding hydrogens is 513 g/mol. The predicted octanol–water partition coefficient (Wildman–Crippen LogP) is 2.94. The summed E-state index contributed by atoms with van der Waals surface area (Å²) in [5, 5.41) is 10.7. The zero-order valence-corrected chi connectivity index (χ0v) is 20.8. The Bertz CT molecular complexity index is 847. The number of hydrogen-bond acceptors (Lipinski definition) is 5. The maximum absolute atomic E-state index is 11.8. The smallest absolute Gasteiger partial charge is 0.258 e. The summed E-state index contributed by atoms with van der Waals surface area (Å²) in [7, 11) is 1.75. The number of halogens is 1. The summed E-state index contributed by atoms with van der Waals surface area (Å²) in [6.07, 6.45) is 3.02. The van der Waals surface area contributed by atoms with Crippen LogP contribution in [0.25, 0.3) is 0 Å². The lowest BCUT2D eigenvalue weighted by Crippen LogP contribution is -2.37. The number of rotatable bonds is 9. The molecule has 0 radical (unpaired) electrons. The van der Waals surface area contributed by atoms with Crippen molar-refractivity contribution in [3.63, 3.8) is 0 Å². The van der Waals surface area contributed by atoms with Gasteiger partial charge in [0.1, 0.15) is 5.75 Å². The lowest BCUT2D eigenvalue weighted by Gasteiger charge is -2.12. The van der Waals surface area contributed by atoms with Gasteiger partial charge in [-0.1, -0.05) is 12.1 Å². The molecule has 2 aromatic rings. The summed E-state index contributed by atoms with van der Waals surface area (Å²) in [5.41, 5.74) is 2.17. The van der Waals surface area contributed by atoms with Gasteiger partial charge in [-0.15, -0.1) is 35.3 Å². The summed E-state index contributed by atoms with van der Waals surface area (Å²) < 4.78 is 5.60. The number of ether oxygens (including phenoxy) is 1. The molecule has 3 N–H and O–H groups in total. The molecule has 1 aromatic carbocycles. The molecule has 30 heavy (non-hydrogen) atoms. The third-order valence-electron chi connectivity index (χ3n) is 4.60. The third kappa shape index (κ3) is 8.10. The first-order valence-electron chi connectivity index (χ1n) is 9.92. The number of aliphatic imine (C=N–C) groups is 1. The number of nitrogens with zero attached hydrogens (tertiary/aromatic N) is 2. The van der Waals surface area contributed by atoms with E-state index in [4.69, 9.17) is 4.74 Å². The molecule has 1 saturated carbocycles. The summed E-state index contributed by atoms with van der Waals surface area (Å²) in [4.78, 5) is 21.9. The normalized spacial score (nSPS) is 13.4. The second-order valence-corrected chi connectivity index (χ2v) is 8.42. The van der Waals surface area contributed by atoms with Gasteiger partial charge in [-0.05, 0) is 44.4 Å². The van der Waals surface area contributed by atoms with Crippen LogP contribution < -0.4 is 20.7 Å². The maximum Gasteiger partial charge on any atom is 0.258 e. The van der Waals surface area contributed by atoms with Gasteiger partial charge >= 0.3 is 0 Å². The first-order chi connectivity index (χ1) is 14.0. The Kier molecular flexibility index (Phi) is 9.83. The topological polar surface area (TPSA) is 87.6 Å². The number of guanidine groups is 1. The van der Waals surface area contributed by atoms with Crippen LogP contribution in [0.3, 0.4) is 0 Å². The molecule has 0 aliphatic heterocycles. The molecule has 1 aliphatic carbocycles. The predicted molar refractivity (Wildman–Crippen MR) is 132 cm³/mol. The minimum atomic E-state index is -0.0637. The molecule has 9 heteroatoms. The van der Waals surface area contributed by atoms with E-state index in [0.29, 0.717) is 18.3 Å². The number of thiazole rings is 1. The molecular formula is C21H30IN5O2S. The van der Waals surface area contributed by atoms with E-state index in [1.165, 1.54) is 4.88 Å². The second kappa shape index (κ2) is 12.1. The van der Waals surface area contributed by atoms with Gasteiger partial charge in [0.2, 0.25) is 0 Å². The van der Waals surface area contributed by atoms with Gasteiger partial charge in [-0.2, -0.15) is 0 Å². The van der Waals surface area contributed by atoms with Crippen molar-refractivity contribution in [1.29, 1.82) is 0 Å². The molecule has 0 unspecified atom stereocenters. The number of aromatic nitrogens is 1. The molecule has 1 aromatic heterocycles. The Balaban J connectivity index is 0.00000320. The Morgan fingerprint density at radius 1 is 1.30 bits per heavy atom. The van der Waals surface area contributed by atoms with E-state index in [-0.39, 0.29) is 36.5 Å². The molecule has 1 fully saturated rings. The minimum Gasteiger partial charge on any atom is -0.484 e. The molecule has 7 nitrogen and oxygen atoms in total. The molecule has 1 heterocycles. The number of amides is 1. The molecule has 0 bridgehead atoms. The highest BCUT2D eigenvalue weighted by atomic mass is 127. The summed E-state index contributed by atoms with van der Waals surface area (Å²) in [5.74, 6) is 1.36. The lowest BCUT2D eigenvalue weighted by atomic mass is 10.2. The first kappa shape index (κ1) is 24.4. The van der Waals surface area contributed by atoms with Crippen molar-refractivity contribution < 1.29 is 9.53 Å².